The quantitative estimate of drug-likeness (QED) is 0.819. The SMILES string of the molecule is CCCc1nc2cc(C(=O)CNC)ccc2n1C. The van der Waals surface area contributed by atoms with Crippen molar-refractivity contribution >= 4 is 16.8 Å². The minimum atomic E-state index is 0.0992. The number of rotatable bonds is 5. The summed E-state index contributed by atoms with van der Waals surface area (Å²) < 4.78 is 2.10. The number of carbonyl (C=O) groups is 1. The Morgan fingerprint density at radius 3 is 2.89 bits per heavy atom. The summed E-state index contributed by atoms with van der Waals surface area (Å²) in [7, 11) is 3.80. The molecule has 1 aromatic carbocycles. The van der Waals surface area contributed by atoms with E-state index >= 15 is 0 Å². The van der Waals surface area contributed by atoms with Gasteiger partial charge in [-0.1, -0.05) is 6.92 Å². The van der Waals surface area contributed by atoms with Gasteiger partial charge >= 0.3 is 0 Å². The number of nitrogens with one attached hydrogen (secondary N) is 1. The molecule has 0 bridgehead atoms. The number of Topliss-reactive ketones (excluding diaryl/α,β-unsaturated/α-hetero) is 1. The lowest BCUT2D eigenvalue weighted by Crippen LogP contribution is -2.18. The summed E-state index contributed by atoms with van der Waals surface area (Å²) in [5.74, 6) is 1.17. The Balaban J connectivity index is 2.42. The molecule has 4 heteroatoms. The Hall–Kier alpha value is -1.68. The minimum absolute atomic E-state index is 0.0992. The molecule has 1 aromatic heterocycles. The van der Waals surface area contributed by atoms with Crippen LogP contribution in [0, 0.1) is 0 Å². The first-order valence-corrected chi connectivity index (χ1v) is 6.30. The number of carbonyl (C=O) groups excluding carboxylic acids is 1. The first-order chi connectivity index (χ1) is 8.67. The number of imidazole rings is 1. The fraction of sp³-hybridized carbons (Fsp3) is 0.429. The number of hydrogen-bond acceptors (Lipinski definition) is 3. The van der Waals surface area contributed by atoms with E-state index in [9.17, 15) is 4.79 Å². The molecule has 96 valence electrons. The van der Waals surface area contributed by atoms with Gasteiger partial charge in [0.05, 0.1) is 17.6 Å². The number of nitrogens with zero attached hydrogens (tertiary/aromatic N) is 2. The molecule has 0 unspecified atom stereocenters. The zero-order valence-corrected chi connectivity index (χ0v) is 11.2. The molecule has 0 amide bonds. The third kappa shape index (κ3) is 2.29. The first kappa shape index (κ1) is 12.8. The predicted molar refractivity (Wildman–Crippen MR) is 73.0 cm³/mol. The molecular weight excluding hydrogens is 226 g/mol. The molecule has 0 aliphatic carbocycles. The lowest BCUT2D eigenvalue weighted by atomic mass is 10.1. The Kier molecular flexibility index (Phi) is 3.77. The second-order valence-electron chi connectivity index (χ2n) is 4.49. The maximum absolute atomic E-state index is 11.8. The molecule has 2 aromatic rings. The molecule has 1 N–H and O–H groups in total. The lowest BCUT2D eigenvalue weighted by Gasteiger charge is -2.01. The number of fused-ring (bicyclic) bond motifs is 1. The molecule has 1 heterocycles. The van der Waals surface area contributed by atoms with Gasteiger partial charge in [-0.05, 0) is 31.7 Å². The van der Waals surface area contributed by atoms with Crippen molar-refractivity contribution in [3.05, 3.63) is 29.6 Å². The highest BCUT2D eigenvalue weighted by Crippen LogP contribution is 2.18. The van der Waals surface area contributed by atoms with Gasteiger partial charge in [-0.15, -0.1) is 0 Å². The van der Waals surface area contributed by atoms with Gasteiger partial charge in [0.15, 0.2) is 5.78 Å². The summed E-state index contributed by atoms with van der Waals surface area (Å²) in [5, 5.41) is 2.88. The summed E-state index contributed by atoms with van der Waals surface area (Å²) in [4.78, 5) is 16.4. The second kappa shape index (κ2) is 5.31. The molecular formula is C14H19N3O. The molecule has 0 fully saturated rings. The van der Waals surface area contributed by atoms with E-state index in [1.54, 1.807) is 7.05 Å². The molecule has 0 aliphatic rings. The largest absolute Gasteiger partial charge is 0.331 e. The maximum atomic E-state index is 11.8. The van der Waals surface area contributed by atoms with Gasteiger partial charge in [0.25, 0.3) is 0 Å². The van der Waals surface area contributed by atoms with Crippen LogP contribution in [0.5, 0.6) is 0 Å². The van der Waals surface area contributed by atoms with Crippen LogP contribution in [0.15, 0.2) is 18.2 Å². The van der Waals surface area contributed by atoms with E-state index in [-0.39, 0.29) is 5.78 Å². The summed E-state index contributed by atoms with van der Waals surface area (Å²) in [6.45, 7) is 2.50. The molecule has 0 spiro atoms. The topological polar surface area (TPSA) is 46.9 Å². The van der Waals surface area contributed by atoms with E-state index in [4.69, 9.17) is 0 Å². The smallest absolute Gasteiger partial charge is 0.176 e. The van der Waals surface area contributed by atoms with E-state index in [0.29, 0.717) is 6.54 Å². The van der Waals surface area contributed by atoms with Crippen LogP contribution in [0.4, 0.5) is 0 Å². The fourth-order valence-corrected chi connectivity index (χ4v) is 2.13. The Morgan fingerprint density at radius 1 is 1.44 bits per heavy atom. The highest BCUT2D eigenvalue weighted by molar-refractivity contribution is 6.00. The summed E-state index contributed by atoms with van der Waals surface area (Å²) >= 11 is 0. The molecule has 0 atom stereocenters. The van der Waals surface area contributed by atoms with Crippen molar-refractivity contribution in [3.8, 4) is 0 Å². The van der Waals surface area contributed by atoms with Crippen LogP contribution < -0.4 is 5.32 Å². The Morgan fingerprint density at radius 2 is 2.22 bits per heavy atom. The van der Waals surface area contributed by atoms with Crippen LogP contribution >= 0.6 is 0 Å². The van der Waals surface area contributed by atoms with Gasteiger partial charge in [0.1, 0.15) is 5.82 Å². The van der Waals surface area contributed by atoms with E-state index in [1.807, 2.05) is 25.2 Å². The van der Waals surface area contributed by atoms with Crippen molar-refractivity contribution in [1.82, 2.24) is 14.9 Å². The van der Waals surface area contributed by atoms with Crippen LogP contribution in [0.2, 0.25) is 0 Å². The van der Waals surface area contributed by atoms with Crippen LogP contribution in [-0.2, 0) is 13.5 Å². The number of benzene rings is 1. The summed E-state index contributed by atoms with van der Waals surface area (Å²) in [6.07, 6.45) is 2.04. The van der Waals surface area contributed by atoms with Crippen molar-refractivity contribution in [2.24, 2.45) is 7.05 Å². The first-order valence-electron chi connectivity index (χ1n) is 6.30. The van der Waals surface area contributed by atoms with Crippen molar-refractivity contribution in [1.29, 1.82) is 0 Å². The standard InChI is InChI=1S/C14H19N3O/c1-4-5-14-16-11-8-10(13(18)9-15-2)6-7-12(11)17(14)3/h6-8,15H,4-5,9H2,1-3H3. The number of ketones is 1. The molecule has 0 aliphatic heterocycles. The van der Waals surface area contributed by atoms with Crippen LogP contribution in [0.1, 0.15) is 29.5 Å². The number of likely N-dealkylation sites (N-methyl/N-ethyl adjacent to an activating group) is 1. The molecule has 2 rings (SSSR count). The second-order valence-corrected chi connectivity index (χ2v) is 4.49. The van der Waals surface area contributed by atoms with Gasteiger partial charge in [0.2, 0.25) is 0 Å². The third-order valence-corrected chi connectivity index (χ3v) is 3.11. The van der Waals surface area contributed by atoms with E-state index in [0.717, 1.165) is 35.3 Å². The van der Waals surface area contributed by atoms with E-state index in [2.05, 4.69) is 21.8 Å². The van der Waals surface area contributed by atoms with Crippen molar-refractivity contribution < 1.29 is 4.79 Å². The van der Waals surface area contributed by atoms with Crippen molar-refractivity contribution in [2.45, 2.75) is 19.8 Å². The minimum Gasteiger partial charge on any atom is -0.331 e. The van der Waals surface area contributed by atoms with Gasteiger partial charge < -0.3 is 9.88 Å². The average Bonchev–Trinajstić information content (AvgIpc) is 2.67. The van der Waals surface area contributed by atoms with Crippen molar-refractivity contribution in [2.75, 3.05) is 13.6 Å². The zero-order chi connectivity index (χ0) is 13.1. The third-order valence-electron chi connectivity index (χ3n) is 3.11. The number of hydrogen-bond donors (Lipinski definition) is 1. The highest BCUT2D eigenvalue weighted by Gasteiger charge is 2.10. The lowest BCUT2D eigenvalue weighted by molar-refractivity contribution is 0.0993. The molecule has 0 radical (unpaired) electrons. The molecule has 18 heavy (non-hydrogen) atoms. The van der Waals surface area contributed by atoms with Crippen LogP contribution in [0.3, 0.4) is 0 Å². The fourth-order valence-electron chi connectivity index (χ4n) is 2.13. The number of aromatic nitrogens is 2. The molecule has 4 nitrogen and oxygen atoms in total. The Labute approximate surface area is 107 Å². The van der Waals surface area contributed by atoms with E-state index < -0.39 is 0 Å². The van der Waals surface area contributed by atoms with Gasteiger partial charge in [-0.25, -0.2) is 4.98 Å². The predicted octanol–water partition coefficient (Wildman–Crippen LogP) is 1.93. The van der Waals surface area contributed by atoms with Gasteiger partial charge in [-0.3, -0.25) is 4.79 Å². The molecule has 0 saturated heterocycles. The van der Waals surface area contributed by atoms with Crippen molar-refractivity contribution in [3.63, 3.8) is 0 Å². The summed E-state index contributed by atoms with van der Waals surface area (Å²) in [6, 6.07) is 5.73. The van der Waals surface area contributed by atoms with Crippen LogP contribution in [0.25, 0.3) is 11.0 Å². The summed E-state index contributed by atoms with van der Waals surface area (Å²) in [5.41, 5.74) is 2.71. The monoisotopic (exact) mass is 245 g/mol. The molecule has 0 saturated carbocycles. The number of aryl methyl sites for hydroxylation is 2. The average molecular weight is 245 g/mol. The Bertz CT molecular complexity index is 572. The normalized spacial score (nSPS) is 11.1. The van der Waals surface area contributed by atoms with Gasteiger partial charge in [-0.2, -0.15) is 0 Å². The van der Waals surface area contributed by atoms with E-state index in [1.165, 1.54) is 0 Å². The van der Waals surface area contributed by atoms with Gasteiger partial charge in [0, 0.05) is 19.0 Å². The zero-order valence-electron chi connectivity index (χ0n) is 11.2. The highest BCUT2D eigenvalue weighted by atomic mass is 16.1. The maximum Gasteiger partial charge on any atom is 0.176 e. The van der Waals surface area contributed by atoms with Crippen LogP contribution in [-0.4, -0.2) is 28.9 Å².